The number of nitrogens with zero attached hydrogens (tertiary/aromatic N) is 4. The molecule has 12 nitrogen and oxygen atoms in total. The number of rotatable bonds is 7. The molecule has 0 bridgehead atoms. The van der Waals surface area contributed by atoms with Crippen LogP contribution in [0.4, 0.5) is 5.82 Å². The van der Waals surface area contributed by atoms with Crippen LogP contribution in [-0.4, -0.2) is 63.0 Å². The van der Waals surface area contributed by atoms with Gasteiger partial charge in [0.2, 0.25) is 0 Å². The van der Waals surface area contributed by atoms with Crippen molar-refractivity contribution in [1.82, 2.24) is 24.2 Å². The second-order valence-corrected chi connectivity index (χ2v) is 8.83. The summed E-state index contributed by atoms with van der Waals surface area (Å²) >= 11 is 1.61. The fraction of sp³-hybridized carbons (Fsp3) is 0.400. The summed E-state index contributed by atoms with van der Waals surface area (Å²) in [5.41, 5.74) is 0.866. The maximum atomic E-state index is 11.1. The summed E-state index contributed by atoms with van der Waals surface area (Å²) in [6.45, 7) is 0.280. The van der Waals surface area contributed by atoms with E-state index in [0.717, 1.165) is 4.88 Å². The highest BCUT2D eigenvalue weighted by Gasteiger charge is 2.44. The van der Waals surface area contributed by atoms with Crippen molar-refractivity contribution in [2.45, 2.75) is 31.1 Å². The molecule has 0 radical (unpaired) electrons. The van der Waals surface area contributed by atoms with E-state index < -0.39 is 34.7 Å². The van der Waals surface area contributed by atoms with E-state index in [4.69, 9.17) is 9.88 Å². The van der Waals surface area contributed by atoms with Gasteiger partial charge in [0.1, 0.15) is 24.6 Å². The molecule has 0 amide bonds. The Morgan fingerprint density at radius 3 is 2.83 bits per heavy atom. The van der Waals surface area contributed by atoms with E-state index in [2.05, 4.69) is 25.0 Å². The summed E-state index contributed by atoms with van der Waals surface area (Å²) in [7, 11) is -3.96. The Morgan fingerprint density at radius 1 is 1.28 bits per heavy atom. The first-order chi connectivity index (χ1) is 13.8. The topological polar surface area (TPSA) is 178 Å². The predicted molar refractivity (Wildman–Crippen MR) is 104 cm³/mol. The summed E-state index contributed by atoms with van der Waals surface area (Å²) < 4.78 is 31.3. The fourth-order valence-corrected chi connectivity index (χ4v) is 4.12. The average molecular weight is 441 g/mol. The molecule has 0 saturated carbocycles. The number of nitrogens with one attached hydrogen (secondary N) is 2. The number of ether oxygens (including phenoxy) is 1. The number of aliphatic hydroxyl groups excluding tert-OH is 2. The third kappa shape index (κ3) is 4.23. The molecule has 0 spiro atoms. The van der Waals surface area contributed by atoms with Crippen LogP contribution >= 0.6 is 11.3 Å². The van der Waals surface area contributed by atoms with Crippen molar-refractivity contribution < 1.29 is 23.4 Å². The number of thiophene rings is 1. The minimum Gasteiger partial charge on any atom is -0.387 e. The lowest BCUT2D eigenvalue weighted by Gasteiger charge is -2.16. The van der Waals surface area contributed by atoms with Gasteiger partial charge in [-0.2, -0.15) is 13.1 Å². The van der Waals surface area contributed by atoms with Gasteiger partial charge < -0.3 is 20.3 Å². The largest absolute Gasteiger partial charge is 0.387 e. The molecule has 6 N–H and O–H groups in total. The molecule has 0 aromatic carbocycles. The highest BCUT2D eigenvalue weighted by atomic mass is 32.2. The lowest BCUT2D eigenvalue weighted by Crippen LogP contribution is -2.42. The summed E-state index contributed by atoms with van der Waals surface area (Å²) in [6, 6.07) is 3.95. The summed E-state index contributed by atoms with van der Waals surface area (Å²) in [6.07, 6.45) is -1.88. The molecule has 1 saturated heterocycles. The molecule has 1 aliphatic heterocycles. The monoisotopic (exact) mass is 441 g/mol. The van der Waals surface area contributed by atoms with Crippen LogP contribution in [0.5, 0.6) is 0 Å². The van der Waals surface area contributed by atoms with Crippen LogP contribution in [0.2, 0.25) is 0 Å². The number of aliphatic hydroxyl groups is 2. The molecular weight excluding hydrogens is 422 g/mol. The lowest BCUT2D eigenvalue weighted by atomic mass is 10.1. The minimum absolute atomic E-state index is 0.289. The van der Waals surface area contributed by atoms with Crippen LogP contribution in [0.1, 0.15) is 11.1 Å². The Hall–Kier alpha value is -2.20. The summed E-state index contributed by atoms with van der Waals surface area (Å²) in [5, 5.41) is 30.7. The molecule has 1 aliphatic rings. The lowest BCUT2D eigenvalue weighted by molar-refractivity contribution is -0.0330. The Kier molecular flexibility index (Phi) is 5.48. The minimum atomic E-state index is -3.96. The zero-order chi connectivity index (χ0) is 20.6. The number of hydrogen-bond donors (Lipinski definition) is 5. The van der Waals surface area contributed by atoms with Gasteiger partial charge in [0, 0.05) is 11.4 Å². The van der Waals surface area contributed by atoms with Gasteiger partial charge in [-0.1, -0.05) is 6.07 Å². The number of fused-ring (bicyclic) bond motifs is 1. The second kappa shape index (κ2) is 7.91. The number of nitrogens with two attached hydrogens (primary N) is 1. The molecule has 1 fully saturated rings. The highest BCUT2D eigenvalue weighted by molar-refractivity contribution is 7.87. The third-order valence-corrected chi connectivity index (χ3v) is 5.91. The van der Waals surface area contributed by atoms with Crippen molar-refractivity contribution >= 4 is 38.5 Å². The van der Waals surface area contributed by atoms with Crippen LogP contribution in [0, 0.1) is 0 Å². The van der Waals surface area contributed by atoms with Gasteiger partial charge in [-0.3, -0.25) is 4.57 Å². The van der Waals surface area contributed by atoms with Gasteiger partial charge in [-0.05, 0) is 11.4 Å². The zero-order valence-corrected chi connectivity index (χ0v) is 16.5. The second-order valence-electron chi connectivity index (χ2n) is 6.42. The quantitative estimate of drug-likeness (QED) is 0.305. The van der Waals surface area contributed by atoms with E-state index in [1.807, 2.05) is 17.5 Å². The van der Waals surface area contributed by atoms with Crippen molar-refractivity contribution in [3.8, 4) is 0 Å². The molecule has 156 valence electrons. The van der Waals surface area contributed by atoms with Crippen LogP contribution in [0.3, 0.4) is 0 Å². The van der Waals surface area contributed by atoms with Crippen molar-refractivity contribution in [2.24, 2.45) is 5.14 Å². The van der Waals surface area contributed by atoms with Gasteiger partial charge >= 0.3 is 0 Å². The van der Waals surface area contributed by atoms with Gasteiger partial charge in [0.25, 0.3) is 10.2 Å². The van der Waals surface area contributed by atoms with Gasteiger partial charge in [-0.25, -0.2) is 20.1 Å². The Morgan fingerprint density at radius 2 is 2.10 bits per heavy atom. The van der Waals surface area contributed by atoms with E-state index in [9.17, 15) is 18.6 Å². The molecule has 3 aromatic heterocycles. The fourth-order valence-electron chi connectivity index (χ4n) is 3.08. The van der Waals surface area contributed by atoms with Crippen molar-refractivity contribution in [3.05, 3.63) is 35.0 Å². The number of aromatic nitrogens is 4. The Labute approximate surface area is 169 Å². The van der Waals surface area contributed by atoms with Crippen molar-refractivity contribution in [1.29, 1.82) is 0 Å². The maximum absolute atomic E-state index is 11.1. The SMILES string of the molecule is NS(=O)(=O)NC[C@H]1O[C@@H](n2cnc3c(NCc4cccs4)ncnc32)[C@H](O)[C@@H]1O. The van der Waals surface area contributed by atoms with Gasteiger partial charge in [-0.15, -0.1) is 11.3 Å². The smallest absolute Gasteiger partial charge is 0.274 e. The maximum Gasteiger partial charge on any atom is 0.274 e. The van der Waals surface area contributed by atoms with Crippen molar-refractivity contribution in [3.63, 3.8) is 0 Å². The molecule has 29 heavy (non-hydrogen) atoms. The van der Waals surface area contributed by atoms with E-state index in [0.29, 0.717) is 23.5 Å². The van der Waals surface area contributed by atoms with Gasteiger partial charge in [0.05, 0.1) is 12.9 Å². The average Bonchev–Trinajstić information content (AvgIpc) is 3.39. The molecule has 4 rings (SSSR count). The first kappa shape index (κ1) is 20.1. The highest BCUT2D eigenvalue weighted by Crippen LogP contribution is 2.32. The first-order valence-electron chi connectivity index (χ1n) is 8.56. The normalized spacial score (nSPS) is 24.9. The molecular formula is C15H19N7O5S2. The molecule has 0 aliphatic carbocycles. The van der Waals surface area contributed by atoms with E-state index >= 15 is 0 Å². The standard InChI is InChI=1S/C15H19N7O5S2/c16-29(25,26)21-5-9-11(23)12(24)15(27-9)22-7-20-10-13(18-6-19-14(10)22)17-4-8-2-1-3-28-8/h1-3,6-7,9,11-12,15,21,23-24H,4-5H2,(H2,16,25,26)(H,17,18,19)/t9-,11-,12-,15-/m1/s1. The Bertz CT molecular complexity index is 1090. The predicted octanol–water partition coefficient (Wildman–Crippen LogP) is -1.09. The summed E-state index contributed by atoms with van der Waals surface area (Å²) in [4.78, 5) is 13.9. The first-order valence-corrected chi connectivity index (χ1v) is 11.0. The van der Waals surface area contributed by atoms with Crippen LogP contribution in [0.15, 0.2) is 30.2 Å². The third-order valence-electron chi connectivity index (χ3n) is 4.47. The van der Waals surface area contributed by atoms with Crippen LogP contribution in [0.25, 0.3) is 11.2 Å². The van der Waals surface area contributed by atoms with Crippen molar-refractivity contribution in [2.75, 3.05) is 11.9 Å². The molecule has 4 heterocycles. The molecule has 3 aromatic rings. The molecule has 0 unspecified atom stereocenters. The Balaban J connectivity index is 1.55. The number of anilines is 1. The van der Waals surface area contributed by atoms with E-state index in [1.165, 1.54) is 17.2 Å². The zero-order valence-electron chi connectivity index (χ0n) is 14.9. The van der Waals surface area contributed by atoms with E-state index in [1.54, 1.807) is 11.3 Å². The number of imidazole rings is 1. The van der Waals surface area contributed by atoms with Crippen LogP contribution < -0.4 is 15.2 Å². The van der Waals surface area contributed by atoms with Gasteiger partial charge in [0.15, 0.2) is 23.2 Å². The molecule has 14 heteroatoms. The molecule has 4 atom stereocenters. The number of hydrogen-bond acceptors (Lipinski definition) is 10. The van der Waals surface area contributed by atoms with E-state index in [-0.39, 0.29) is 6.54 Å². The summed E-state index contributed by atoms with van der Waals surface area (Å²) in [5.74, 6) is 0.516. The van der Waals surface area contributed by atoms with Crippen LogP contribution in [-0.2, 0) is 21.5 Å².